The second-order valence-corrected chi connectivity index (χ2v) is 6.76. The third-order valence-electron chi connectivity index (χ3n) is 3.78. The maximum Gasteiger partial charge on any atom is 0.234 e. The lowest BCUT2D eigenvalue weighted by atomic mass is 10.1. The maximum absolute atomic E-state index is 12.3. The summed E-state index contributed by atoms with van der Waals surface area (Å²) in [5.41, 5.74) is 4.95. The van der Waals surface area contributed by atoms with Crippen molar-refractivity contribution in [3.05, 3.63) is 59.2 Å². The molecule has 1 N–H and O–H groups in total. The smallest absolute Gasteiger partial charge is 0.234 e. The van der Waals surface area contributed by atoms with Gasteiger partial charge in [0.15, 0.2) is 0 Å². The Morgan fingerprint density at radius 2 is 1.92 bits per heavy atom. The maximum atomic E-state index is 12.3. The average molecular weight is 353 g/mol. The molecule has 2 aromatic carbocycles. The van der Waals surface area contributed by atoms with Crippen LogP contribution in [0.2, 0.25) is 0 Å². The number of rotatable bonds is 5. The Balaban J connectivity index is 1.69. The van der Waals surface area contributed by atoms with E-state index in [1.165, 1.54) is 11.8 Å². The normalized spacial score (nSPS) is 10.7. The van der Waals surface area contributed by atoms with Crippen LogP contribution in [-0.2, 0) is 4.79 Å². The average Bonchev–Trinajstić information content (AvgIpc) is 3.05. The molecule has 0 bridgehead atoms. The molecule has 1 heterocycles. The van der Waals surface area contributed by atoms with Gasteiger partial charge in [0.25, 0.3) is 0 Å². The first kappa shape index (κ1) is 17.2. The Bertz CT molecular complexity index is 906. The molecule has 0 radical (unpaired) electrons. The van der Waals surface area contributed by atoms with E-state index in [-0.39, 0.29) is 11.7 Å². The van der Waals surface area contributed by atoms with Crippen LogP contribution in [0.1, 0.15) is 16.7 Å². The standard InChI is InChI=1S/C18H19N5OS/c1-12-8-9-13(2)15(10-12)19-17(24)11-25-18-20-21-22-23(18)16-7-5-4-6-14(16)3/h4-10H,11H2,1-3H3,(H,19,24). The van der Waals surface area contributed by atoms with Crippen LogP contribution in [0.5, 0.6) is 0 Å². The predicted octanol–water partition coefficient (Wildman–Crippen LogP) is 3.32. The van der Waals surface area contributed by atoms with E-state index < -0.39 is 0 Å². The van der Waals surface area contributed by atoms with Crippen molar-refractivity contribution in [3.63, 3.8) is 0 Å². The van der Waals surface area contributed by atoms with Gasteiger partial charge < -0.3 is 5.32 Å². The minimum Gasteiger partial charge on any atom is -0.325 e. The molecule has 128 valence electrons. The zero-order chi connectivity index (χ0) is 17.8. The predicted molar refractivity (Wildman–Crippen MR) is 99.2 cm³/mol. The van der Waals surface area contributed by atoms with E-state index in [9.17, 15) is 4.79 Å². The fourth-order valence-electron chi connectivity index (χ4n) is 2.41. The molecule has 0 saturated heterocycles. The molecule has 0 saturated carbocycles. The molecule has 25 heavy (non-hydrogen) atoms. The highest BCUT2D eigenvalue weighted by Crippen LogP contribution is 2.21. The molecule has 0 aliphatic heterocycles. The van der Waals surface area contributed by atoms with Crippen LogP contribution in [0.3, 0.4) is 0 Å². The SMILES string of the molecule is Cc1ccc(C)c(NC(=O)CSc2nnnn2-c2ccccc2C)c1. The van der Waals surface area contributed by atoms with Gasteiger partial charge in [-0.3, -0.25) is 4.79 Å². The highest BCUT2D eigenvalue weighted by atomic mass is 32.2. The molecule has 0 spiro atoms. The van der Waals surface area contributed by atoms with Gasteiger partial charge in [-0.05, 0) is 60.0 Å². The molecular weight excluding hydrogens is 334 g/mol. The highest BCUT2D eigenvalue weighted by molar-refractivity contribution is 7.99. The fraction of sp³-hybridized carbons (Fsp3) is 0.222. The second-order valence-electron chi connectivity index (χ2n) is 5.81. The van der Waals surface area contributed by atoms with Crippen molar-refractivity contribution < 1.29 is 4.79 Å². The number of carbonyl (C=O) groups is 1. The number of thioether (sulfide) groups is 1. The Labute approximate surface area is 150 Å². The number of aryl methyl sites for hydroxylation is 3. The Morgan fingerprint density at radius 3 is 2.72 bits per heavy atom. The third-order valence-corrected chi connectivity index (χ3v) is 4.70. The van der Waals surface area contributed by atoms with Crippen molar-refractivity contribution >= 4 is 23.4 Å². The van der Waals surface area contributed by atoms with Crippen LogP contribution in [-0.4, -0.2) is 31.9 Å². The van der Waals surface area contributed by atoms with Gasteiger partial charge in [-0.2, -0.15) is 4.68 Å². The largest absolute Gasteiger partial charge is 0.325 e. The molecule has 0 aliphatic carbocycles. The lowest BCUT2D eigenvalue weighted by Crippen LogP contribution is -2.15. The number of hydrogen-bond acceptors (Lipinski definition) is 5. The Morgan fingerprint density at radius 1 is 1.12 bits per heavy atom. The van der Waals surface area contributed by atoms with E-state index in [0.29, 0.717) is 5.16 Å². The van der Waals surface area contributed by atoms with E-state index in [4.69, 9.17) is 0 Å². The number of benzene rings is 2. The number of anilines is 1. The minimum atomic E-state index is -0.0852. The second kappa shape index (κ2) is 7.48. The van der Waals surface area contributed by atoms with Gasteiger partial charge in [-0.1, -0.05) is 42.1 Å². The van der Waals surface area contributed by atoms with Crippen molar-refractivity contribution in [2.45, 2.75) is 25.9 Å². The lowest BCUT2D eigenvalue weighted by Gasteiger charge is -2.09. The van der Waals surface area contributed by atoms with Crippen LogP contribution >= 0.6 is 11.8 Å². The molecule has 7 heteroatoms. The summed E-state index contributed by atoms with van der Waals surface area (Å²) in [6.07, 6.45) is 0. The summed E-state index contributed by atoms with van der Waals surface area (Å²) in [5, 5.41) is 15.3. The van der Waals surface area contributed by atoms with Gasteiger partial charge in [0.1, 0.15) is 0 Å². The number of aromatic nitrogens is 4. The number of amides is 1. The minimum absolute atomic E-state index is 0.0852. The number of tetrazole rings is 1. The van der Waals surface area contributed by atoms with E-state index in [1.807, 2.05) is 63.2 Å². The van der Waals surface area contributed by atoms with Crippen LogP contribution in [0.15, 0.2) is 47.6 Å². The quantitative estimate of drug-likeness (QED) is 0.713. The highest BCUT2D eigenvalue weighted by Gasteiger charge is 2.13. The van der Waals surface area contributed by atoms with Gasteiger partial charge in [0.2, 0.25) is 11.1 Å². The summed E-state index contributed by atoms with van der Waals surface area (Å²) in [4.78, 5) is 12.3. The summed E-state index contributed by atoms with van der Waals surface area (Å²) in [6.45, 7) is 5.97. The summed E-state index contributed by atoms with van der Waals surface area (Å²) in [5.74, 6) is 0.151. The van der Waals surface area contributed by atoms with E-state index >= 15 is 0 Å². The van der Waals surface area contributed by atoms with Crippen LogP contribution in [0, 0.1) is 20.8 Å². The van der Waals surface area contributed by atoms with Crippen molar-refractivity contribution in [1.82, 2.24) is 20.2 Å². The number of para-hydroxylation sites is 1. The van der Waals surface area contributed by atoms with Crippen LogP contribution in [0.4, 0.5) is 5.69 Å². The van der Waals surface area contributed by atoms with Gasteiger partial charge in [-0.25, -0.2) is 0 Å². The van der Waals surface area contributed by atoms with Gasteiger partial charge in [-0.15, -0.1) is 5.10 Å². The lowest BCUT2D eigenvalue weighted by molar-refractivity contribution is -0.113. The topological polar surface area (TPSA) is 72.7 Å². The van der Waals surface area contributed by atoms with Gasteiger partial charge in [0, 0.05) is 5.69 Å². The summed E-state index contributed by atoms with van der Waals surface area (Å²) >= 11 is 1.31. The number of hydrogen-bond donors (Lipinski definition) is 1. The molecule has 0 aliphatic rings. The molecule has 1 amide bonds. The zero-order valence-corrected chi connectivity index (χ0v) is 15.2. The first-order valence-corrected chi connectivity index (χ1v) is 8.87. The monoisotopic (exact) mass is 353 g/mol. The van der Waals surface area contributed by atoms with Gasteiger partial charge in [0.05, 0.1) is 11.4 Å². The first-order chi connectivity index (χ1) is 12.0. The summed E-state index contributed by atoms with van der Waals surface area (Å²) < 4.78 is 1.66. The van der Waals surface area contributed by atoms with Crippen molar-refractivity contribution in [2.75, 3.05) is 11.1 Å². The van der Waals surface area contributed by atoms with E-state index in [1.54, 1.807) is 4.68 Å². The van der Waals surface area contributed by atoms with E-state index in [0.717, 1.165) is 28.1 Å². The molecule has 3 rings (SSSR count). The molecule has 1 aromatic heterocycles. The van der Waals surface area contributed by atoms with Crippen molar-refractivity contribution in [2.24, 2.45) is 0 Å². The molecule has 0 unspecified atom stereocenters. The Kier molecular flexibility index (Phi) is 5.14. The van der Waals surface area contributed by atoms with E-state index in [2.05, 4.69) is 20.8 Å². The fourth-order valence-corrected chi connectivity index (χ4v) is 3.09. The number of nitrogens with one attached hydrogen (secondary N) is 1. The molecule has 6 nitrogen and oxygen atoms in total. The van der Waals surface area contributed by atoms with Crippen molar-refractivity contribution in [3.8, 4) is 5.69 Å². The van der Waals surface area contributed by atoms with Crippen LogP contribution in [0.25, 0.3) is 5.69 Å². The Hall–Kier alpha value is -2.67. The molecule has 0 fully saturated rings. The van der Waals surface area contributed by atoms with Gasteiger partial charge >= 0.3 is 0 Å². The summed E-state index contributed by atoms with van der Waals surface area (Å²) in [6, 6.07) is 13.8. The third kappa shape index (κ3) is 4.06. The number of carbonyl (C=O) groups excluding carboxylic acids is 1. The van der Waals surface area contributed by atoms with Crippen LogP contribution < -0.4 is 5.32 Å². The summed E-state index contributed by atoms with van der Waals surface area (Å²) in [7, 11) is 0. The molecule has 0 atom stereocenters. The molecule has 3 aromatic rings. The molecular formula is C18H19N5OS. The first-order valence-electron chi connectivity index (χ1n) is 7.89. The number of nitrogens with zero attached hydrogens (tertiary/aromatic N) is 4. The van der Waals surface area contributed by atoms with Crippen molar-refractivity contribution in [1.29, 1.82) is 0 Å². The zero-order valence-electron chi connectivity index (χ0n) is 14.4.